The average Bonchev–Trinajstić information content (AvgIpc) is 2.88. The molecule has 1 aliphatic heterocycles. The minimum Gasteiger partial charge on any atom is -0.349 e. The Labute approximate surface area is 204 Å². The Morgan fingerprint density at radius 2 is 1.83 bits per heavy atom. The molecule has 35 heavy (non-hydrogen) atoms. The van der Waals surface area contributed by atoms with E-state index in [9.17, 15) is 14.0 Å². The molecule has 2 amide bonds. The maximum Gasteiger partial charge on any atom is 0.243 e. The summed E-state index contributed by atoms with van der Waals surface area (Å²) in [6.07, 6.45) is 2.42. The fourth-order valence-corrected chi connectivity index (χ4v) is 4.40. The molecule has 0 spiro atoms. The van der Waals surface area contributed by atoms with Gasteiger partial charge in [-0.3, -0.25) is 14.6 Å². The van der Waals surface area contributed by atoms with Crippen molar-refractivity contribution < 1.29 is 18.8 Å². The normalized spacial score (nSPS) is 15.8. The smallest absolute Gasteiger partial charge is 0.243 e. The molecule has 2 N–H and O–H groups in total. The van der Waals surface area contributed by atoms with Gasteiger partial charge in [0.1, 0.15) is 11.9 Å². The molecule has 1 aliphatic rings. The molecule has 0 fully saturated rings. The second kappa shape index (κ2) is 11.7. The Balaban J connectivity index is 1.50. The summed E-state index contributed by atoms with van der Waals surface area (Å²) >= 11 is 0. The van der Waals surface area contributed by atoms with E-state index in [1.807, 2.05) is 42.5 Å². The Morgan fingerprint density at radius 3 is 2.57 bits per heavy atom. The highest BCUT2D eigenvalue weighted by Crippen LogP contribution is 2.25. The molecule has 0 aliphatic carbocycles. The van der Waals surface area contributed by atoms with Gasteiger partial charge in [-0.15, -0.1) is 0 Å². The summed E-state index contributed by atoms with van der Waals surface area (Å²) in [5.74, 6) is -0.770. The van der Waals surface area contributed by atoms with Gasteiger partial charge in [-0.05, 0) is 41.3 Å². The highest BCUT2D eigenvalue weighted by molar-refractivity contribution is 5.88. The number of nitrogens with zero attached hydrogens (tertiary/aromatic N) is 2. The predicted molar refractivity (Wildman–Crippen MR) is 129 cm³/mol. The van der Waals surface area contributed by atoms with Gasteiger partial charge in [0.15, 0.2) is 0 Å². The Hall–Kier alpha value is -3.62. The first kappa shape index (κ1) is 24.5. The third kappa shape index (κ3) is 6.29. The number of nitrogens with one attached hydrogen (secondary N) is 2. The van der Waals surface area contributed by atoms with Crippen molar-refractivity contribution in [3.05, 3.63) is 101 Å². The lowest BCUT2D eigenvalue weighted by Crippen LogP contribution is -2.53. The quantitative estimate of drug-likeness (QED) is 0.464. The molecule has 4 rings (SSSR count). The molecule has 2 aromatic carbocycles. The van der Waals surface area contributed by atoms with Crippen molar-refractivity contribution in [2.75, 3.05) is 7.11 Å². The minimum absolute atomic E-state index is 0.0500. The number of benzene rings is 2. The first-order chi connectivity index (χ1) is 17.0. The molecule has 0 radical (unpaired) electrons. The minimum atomic E-state index is -0.655. The summed E-state index contributed by atoms with van der Waals surface area (Å²) in [5, 5.41) is 2.92. The SMILES string of the molecule is CONC(CC(=O)N1Cc2ccccc2C[C@H]1C(=O)NCc1ccccn1)Cc1ccccc1F. The van der Waals surface area contributed by atoms with Crippen LogP contribution >= 0.6 is 0 Å². The highest BCUT2D eigenvalue weighted by atomic mass is 19.1. The van der Waals surface area contributed by atoms with Crippen molar-refractivity contribution >= 4 is 11.8 Å². The summed E-state index contributed by atoms with van der Waals surface area (Å²) in [5.41, 5.74) is 6.11. The zero-order chi connectivity index (χ0) is 24.6. The van der Waals surface area contributed by atoms with E-state index in [4.69, 9.17) is 4.84 Å². The fraction of sp³-hybridized carbons (Fsp3) is 0.296. The van der Waals surface area contributed by atoms with Gasteiger partial charge in [0.25, 0.3) is 0 Å². The molecule has 3 aromatic rings. The number of hydrogen-bond donors (Lipinski definition) is 2. The second-order valence-corrected chi connectivity index (χ2v) is 8.57. The summed E-state index contributed by atoms with van der Waals surface area (Å²) in [4.78, 5) is 37.7. The molecule has 0 bridgehead atoms. The molecular weight excluding hydrogens is 447 g/mol. The molecule has 1 aromatic heterocycles. The maximum atomic E-state index is 14.2. The van der Waals surface area contributed by atoms with Crippen LogP contribution in [0.25, 0.3) is 0 Å². The van der Waals surface area contributed by atoms with Crippen molar-refractivity contribution in [2.45, 2.75) is 44.4 Å². The molecule has 8 heteroatoms. The van der Waals surface area contributed by atoms with Gasteiger partial charge in [0, 0.05) is 31.6 Å². The Morgan fingerprint density at radius 1 is 1.09 bits per heavy atom. The largest absolute Gasteiger partial charge is 0.349 e. The highest BCUT2D eigenvalue weighted by Gasteiger charge is 2.35. The van der Waals surface area contributed by atoms with E-state index in [-0.39, 0.29) is 37.0 Å². The zero-order valence-electron chi connectivity index (χ0n) is 19.6. The number of pyridine rings is 1. The van der Waals surface area contributed by atoms with Crippen LogP contribution in [0.3, 0.4) is 0 Å². The lowest BCUT2D eigenvalue weighted by molar-refractivity contribution is -0.142. The zero-order valence-corrected chi connectivity index (χ0v) is 19.6. The number of hydroxylamine groups is 1. The van der Waals surface area contributed by atoms with E-state index in [1.165, 1.54) is 13.2 Å². The summed E-state index contributed by atoms with van der Waals surface area (Å²) in [6, 6.07) is 18.7. The third-order valence-corrected chi connectivity index (χ3v) is 6.17. The lowest BCUT2D eigenvalue weighted by atomic mass is 9.92. The standard InChI is InChI=1S/C27H29FN4O3/c1-35-31-23(14-20-9-4-5-12-24(20)28)16-26(33)32-18-21-10-3-2-8-19(21)15-25(32)27(34)30-17-22-11-6-7-13-29-22/h2-13,23,25,31H,14-18H2,1H3,(H,30,34)/t23?,25-/m0/s1. The van der Waals surface area contributed by atoms with Gasteiger partial charge >= 0.3 is 0 Å². The van der Waals surface area contributed by atoms with Crippen molar-refractivity contribution in [2.24, 2.45) is 0 Å². The van der Waals surface area contributed by atoms with Gasteiger partial charge in [-0.2, -0.15) is 5.48 Å². The predicted octanol–water partition coefficient (Wildman–Crippen LogP) is 2.94. The van der Waals surface area contributed by atoms with E-state index in [1.54, 1.807) is 29.3 Å². The summed E-state index contributed by atoms with van der Waals surface area (Å²) in [6.45, 7) is 0.608. The average molecular weight is 477 g/mol. The van der Waals surface area contributed by atoms with Crippen LogP contribution in [0.1, 0.15) is 28.8 Å². The van der Waals surface area contributed by atoms with E-state index in [0.717, 1.165) is 16.8 Å². The van der Waals surface area contributed by atoms with Crippen LogP contribution in [0.2, 0.25) is 0 Å². The van der Waals surface area contributed by atoms with Gasteiger partial charge in [0.2, 0.25) is 11.8 Å². The molecule has 2 atom stereocenters. The van der Waals surface area contributed by atoms with Gasteiger partial charge in [0.05, 0.1) is 19.3 Å². The lowest BCUT2D eigenvalue weighted by Gasteiger charge is -2.37. The van der Waals surface area contributed by atoms with E-state index in [0.29, 0.717) is 18.5 Å². The number of halogens is 1. The fourth-order valence-electron chi connectivity index (χ4n) is 4.40. The molecule has 7 nitrogen and oxygen atoms in total. The van der Waals surface area contributed by atoms with Crippen molar-refractivity contribution in [1.82, 2.24) is 20.7 Å². The van der Waals surface area contributed by atoms with Crippen molar-refractivity contribution in [1.29, 1.82) is 0 Å². The van der Waals surface area contributed by atoms with Crippen LogP contribution in [-0.4, -0.2) is 40.9 Å². The van der Waals surface area contributed by atoms with Crippen molar-refractivity contribution in [3.63, 3.8) is 0 Å². The number of hydrogen-bond acceptors (Lipinski definition) is 5. The van der Waals surface area contributed by atoms with Gasteiger partial charge in [-0.1, -0.05) is 48.5 Å². The van der Waals surface area contributed by atoms with Gasteiger partial charge < -0.3 is 15.1 Å². The van der Waals surface area contributed by atoms with Crippen LogP contribution in [0.15, 0.2) is 72.9 Å². The molecule has 0 saturated heterocycles. The van der Waals surface area contributed by atoms with Crippen LogP contribution in [0.5, 0.6) is 0 Å². The van der Waals surface area contributed by atoms with Crippen molar-refractivity contribution in [3.8, 4) is 0 Å². The first-order valence-electron chi connectivity index (χ1n) is 11.6. The Kier molecular flexibility index (Phi) is 8.18. The van der Waals surface area contributed by atoms with Crippen LogP contribution in [-0.2, 0) is 40.4 Å². The van der Waals surface area contributed by atoms with Gasteiger partial charge in [-0.25, -0.2) is 4.39 Å². The Bertz CT molecular complexity index is 1160. The van der Waals surface area contributed by atoms with E-state index < -0.39 is 12.1 Å². The number of amides is 2. The van der Waals surface area contributed by atoms with Crippen LogP contribution in [0.4, 0.5) is 4.39 Å². The monoisotopic (exact) mass is 476 g/mol. The summed E-state index contributed by atoms with van der Waals surface area (Å²) in [7, 11) is 1.46. The number of aromatic nitrogens is 1. The number of carbonyl (C=O) groups is 2. The second-order valence-electron chi connectivity index (χ2n) is 8.57. The number of fused-ring (bicyclic) bond motifs is 1. The number of carbonyl (C=O) groups excluding carboxylic acids is 2. The molecule has 1 unspecified atom stereocenters. The number of rotatable bonds is 9. The third-order valence-electron chi connectivity index (χ3n) is 6.17. The molecule has 182 valence electrons. The first-order valence-corrected chi connectivity index (χ1v) is 11.6. The maximum absolute atomic E-state index is 14.2. The summed E-state index contributed by atoms with van der Waals surface area (Å²) < 4.78 is 14.2. The topological polar surface area (TPSA) is 83.6 Å². The van der Waals surface area contributed by atoms with E-state index in [2.05, 4.69) is 15.8 Å². The molecular formula is C27H29FN4O3. The molecule has 0 saturated carbocycles. The van der Waals surface area contributed by atoms with Crippen LogP contribution < -0.4 is 10.8 Å². The van der Waals surface area contributed by atoms with E-state index >= 15 is 0 Å². The molecule has 2 heterocycles. The van der Waals surface area contributed by atoms with Crippen LogP contribution in [0, 0.1) is 5.82 Å².